The van der Waals surface area contributed by atoms with E-state index >= 15 is 0 Å². The van der Waals surface area contributed by atoms with Crippen molar-refractivity contribution >= 4 is 15.6 Å². The van der Waals surface area contributed by atoms with Gasteiger partial charge in [0, 0.05) is 6.07 Å². The van der Waals surface area contributed by atoms with Gasteiger partial charge in [-0.25, -0.2) is 4.52 Å². The largest absolute Gasteiger partial charge is 0.522 e. The lowest BCUT2D eigenvalue weighted by molar-refractivity contribution is -0.0510. The molecule has 14 heteroatoms. The van der Waals surface area contributed by atoms with Crippen molar-refractivity contribution in [3.63, 3.8) is 0 Å². The summed E-state index contributed by atoms with van der Waals surface area (Å²) in [6.45, 7) is 7.75. The van der Waals surface area contributed by atoms with E-state index in [0.29, 0.717) is 28.4 Å². The number of fused-ring (bicyclic) bond motifs is 1. The van der Waals surface area contributed by atoms with E-state index in [1.54, 1.807) is 23.7 Å². The predicted molar refractivity (Wildman–Crippen MR) is 90.1 cm³/mol. The average Bonchev–Trinajstić information content (AvgIpc) is 3.07. The lowest BCUT2D eigenvalue weighted by Gasteiger charge is -2.15. The van der Waals surface area contributed by atoms with Crippen molar-refractivity contribution in [3.8, 4) is 11.5 Å². The highest BCUT2D eigenvalue weighted by Crippen LogP contribution is 2.25. The van der Waals surface area contributed by atoms with Gasteiger partial charge in [0.25, 0.3) is 5.56 Å². The molecule has 0 saturated heterocycles. The molecule has 0 atom stereocenters. The smallest absolute Gasteiger partial charge is 0.361 e. The summed E-state index contributed by atoms with van der Waals surface area (Å²) < 4.78 is 64.2. The van der Waals surface area contributed by atoms with Crippen LogP contribution in [0.4, 0.5) is 13.2 Å². The lowest BCUT2D eigenvalue weighted by atomic mass is 9.88. The van der Waals surface area contributed by atoms with Gasteiger partial charge in [-0.15, -0.1) is 5.10 Å². The van der Waals surface area contributed by atoms with Crippen LogP contribution in [-0.4, -0.2) is 43.4 Å². The van der Waals surface area contributed by atoms with Gasteiger partial charge in [-0.3, -0.25) is 14.4 Å². The van der Waals surface area contributed by atoms with Crippen LogP contribution >= 0.6 is 0 Å². The Balaban J connectivity index is 0.000000300. The van der Waals surface area contributed by atoms with E-state index in [1.165, 1.54) is 0 Å². The molecule has 0 saturated carbocycles. The average molecular weight is 423 g/mol. The van der Waals surface area contributed by atoms with Crippen molar-refractivity contribution in [1.29, 1.82) is 0 Å². The highest BCUT2D eigenvalue weighted by molar-refractivity contribution is 7.86. The summed E-state index contributed by atoms with van der Waals surface area (Å²) in [6, 6.07) is 1.75. The monoisotopic (exact) mass is 423 g/mol. The van der Waals surface area contributed by atoms with Crippen LogP contribution in [0.5, 0.6) is 0 Å². The molecule has 3 aromatic heterocycles. The summed E-state index contributed by atoms with van der Waals surface area (Å²) in [5, 5.41) is 14.7. The number of nitrogens with zero attached hydrogens (tertiary/aromatic N) is 4. The third-order valence-corrected chi connectivity index (χ3v) is 3.97. The van der Waals surface area contributed by atoms with Gasteiger partial charge in [-0.05, 0) is 12.3 Å². The molecule has 0 spiro atoms. The van der Waals surface area contributed by atoms with E-state index in [1.807, 2.05) is 20.8 Å². The fourth-order valence-electron chi connectivity index (χ4n) is 2.28. The standard InChI is InChI=1S/C13H15N5O2.CHF3O3S/c1-7-5-8(17-20-7)11-15-14-6-9-10(13(2,3)4)12(19)16-18(9)11;2-1(3,4)8(5,6)7/h5-6H,1-4H3,(H,16,19);(H,5,6,7). The third kappa shape index (κ3) is 4.39. The first-order chi connectivity index (χ1) is 12.6. The molecule has 28 heavy (non-hydrogen) atoms. The number of aryl methyl sites for hydroxylation is 1. The summed E-state index contributed by atoms with van der Waals surface area (Å²) in [5.41, 5.74) is -4.06. The second-order valence-corrected chi connectivity index (χ2v) is 8.11. The molecule has 2 N–H and O–H groups in total. The van der Waals surface area contributed by atoms with Crippen molar-refractivity contribution in [1.82, 2.24) is 25.0 Å². The number of H-pyrrole nitrogens is 1. The number of halogens is 3. The summed E-state index contributed by atoms with van der Waals surface area (Å²) in [4.78, 5) is 12.2. The molecule has 3 aromatic rings. The maximum atomic E-state index is 12.2. The Morgan fingerprint density at radius 2 is 1.82 bits per heavy atom. The molecule has 0 unspecified atom stereocenters. The summed E-state index contributed by atoms with van der Waals surface area (Å²) in [6.07, 6.45) is 1.58. The van der Waals surface area contributed by atoms with Gasteiger partial charge in [-0.2, -0.15) is 26.7 Å². The van der Waals surface area contributed by atoms with E-state index in [0.717, 1.165) is 0 Å². The van der Waals surface area contributed by atoms with Crippen LogP contribution in [0.25, 0.3) is 17.0 Å². The minimum atomic E-state index is -5.84. The SMILES string of the molecule is Cc1cc(-c2nncc3c(C(C)(C)C)c(=O)[nH]n23)no1.O=S(=O)(O)C(F)(F)F. The first kappa shape index (κ1) is 21.6. The molecular formula is C14H16F3N5O5S. The summed E-state index contributed by atoms with van der Waals surface area (Å²) in [5.74, 6) is 1.12. The Morgan fingerprint density at radius 1 is 1.25 bits per heavy atom. The van der Waals surface area contributed by atoms with Gasteiger partial charge in [-0.1, -0.05) is 25.9 Å². The molecule has 0 aromatic carbocycles. The highest BCUT2D eigenvalue weighted by atomic mass is 32.2. The van der Waals surface area contributed by atoms with Crippen LogP contribution in [0.1, 0.15) is 32.1 Å². The van der Waals surface area contributed by atoms with Crippen molar-refractivity contribution < 1.29 is 30.7 Å². The molecular weight excluding hydrogens is 407 g/mol. The van der Waals surface area contributed by atoms with Gasteiger partial charge in [0.1, 0.15) is 5.76 Å². The Bertz CT molecular complexity index is 1150. The quantitative estimate of drug-likeness (QED) is 0.447. The van der Waals surface area contributed by atoms with Crippen LogP contribution in [-0.2, 0) is 15.5 Å². The van der Waals surface area contributed by atoms with Crippen LogP contribution in [0, 0.1) is 6.92 Å². The molecule has 0 aliphatic carbocycles. The van der Waals surface area contributed by atoms with Crippen molar-refractivity contribution in [2.24, 2.45) is 0 Å². The summed E-state index contributed by atoms with van der Waals surface area (Å²) >= 11 is 0. The molecule has 0 amide bonds. The number of nitrogens with one attached hydrogen (secondary N) is 1. The zero-order chi connectivity index (χ0) is 21.5. The number of aromatic nitrogens is 5. The lowest BCUT2D eigenvalue weighted by Crippen LogP contribution is -2.21. The second kappa shape index (κ2) is 7.01. The predicted octanol–water partition coefficient (Wildman–Crippen LogP) is 2.07. The van der Waals surface area contributed by atoms with Crippen molar-refractivity contribution in [2.75, 3.05) is 0 Å². The Kier molecular flexibility index (Phi) is 5.40. The minimum Gasteiger partial charge on any atom is -0.361 e. The topological polar surface area (TPSA) is 143 Å². The van der Waals surface area contributed by atoms with E-state index in [4.69, 9.17) is 17.5 Å². The molecule has 10 nitrogen and oxygen atoms in total. The van der Waals surface area contributed by atoms with Crippen LogP contribution in [0.2, 0.25) is 0 Å². The molecule has 154 valence electrons. The maximum Gasteiger partial charge on any atom is 0.522 e. The molecule has 3 heterocycles. The first-order valence-electron chi connectivity index (χ1n) is 7.57. The van der Waals surface area contributed by atoms with Crippen LogP contribution in [0.15, 0.2) is 21.6 Å². The molecule has 3 rings (SSSR count). The number of hydrogen-bond acceptors (Lipinski definition) is 7. The van der Waals surface area contributed by atoms with Crippen molar-refractivity contribution in [3.05, 3.63) is 33.9 Å². The van der Waals surface area contributed by atoms with Gasteiger partial charge in [0.15, 0.2) is 5.69 Å². The van der Waals surface area contributed by atoms with Gasteiger partial charge in [0.05, 0.1) is 17.3 Å². The molecule has 0 radical (unpaired) electrons. The van der Waals surface area contributed by atoms with Crippen LogP contribution < -0.4 is 5.56 Å². The number of aromatic amines is 1. The first-order valence-corrected chi connectivity index (χ1v) is 9.01. The fraction of sp³-hybridized carbons (Fsp3) is 0.429. The van der Waals surface area contributed by atoms with Gasteiger partial charge < -0.3 is 4.52 Å². The minimum absolute atomic E-state index is 0.145. The molecule has 0 bridgehead atoms. The Morgan fingerprint density at radius 3 is 2.25 bits per heavy atom. The van der Waals surface area contributed by atoms with Gasteiger partial charge in [0.2, 0.25) is 5.82 Å². The van der Waals surface area contributed by atoms with E-state index in [-0.39, 0.29) is 11.0 Å². The van der Waals surface area contributed by atoms with Gasteiger partial charge >= 0.3 is 15.6 Å². The number of rotatable bonds is 1. The van der Waals surface area contributed by atoms with Crippen molar-refractivity contribution in [2.45, 2.75) is 38.6 Å². The van der Waals surface area contributed by atoms with E-state index in [2.05, 4.69) is 20.5 Å². The van der Waals surface area contributed by atoms with Crippen LogP contribution in [0.3, 0.4) is 0 Å². The zero-order valence-electron chi connectivity index (χ0n) is 15.1. The highest BCUT2D eigenvalue weighted by Gasteiger charge is 2.44. The van der Waals surface area contributed by atoms with E-state index in [9.17, 15) is 18.0 Å². The third-order valence-electron chi connectivity index (χ3n) is 3.38. The molecule has 0 aliphatic rings. The Hall–Kier alpha value is -2.74. The maximum absolute atomic E-state index is 12.2. The summed E-state index contributed by atoms with van der Waals surface area (Å²) in [7, 11) is -5.84. The van der Waals surface area contributed by atoms with E-state index < -0.39 is 15.6 Å². The Labute approximate surface area is 156 Å². The zero-order valence-corrected chi connectivity index (χ0v) is 15.9. The normalized spacial score (nSPS) is 12.7. The fourth-order valence-corrected chi connectivity index (χ4v) is 2.28. The molecule has 0 aliphatic heterocycles. The molecule has 0 fully saturated rings. The number of hydrogen-bond donors (Lipinski definition) is 2. The number of alkyl halides is 3. The second-order valence-electron chi connectivity index (χ2n) is 6.70.